The van der Waals surface area contributed by atoms with Crippen molar-refractivity contribution in [1.29, 1.82) is 0 Å². The van der Waals surface area contributed by atoms with Crippen LogP contribution in [0.1, 0.15) is 0 Å². The van der Waals surface area contributed by atoms with E-state index in [1.807, 2.05) is 0 Å². The molecule has 0 atom stereocenters. The number of benzene rings is 3. The van der Waals surface area contributed by atoms with Gasteiger partial charge in [0.2, 0.25) is 5.89 Å². The number of hydrogen-bond acceptors (Lipinski definition) is 4. The molecule has 0 aliphatic heterocycles. The van der Waals surface area contributed by atoms with E-state index in [9.17, 15) is 13.2 Å². The fourth-order valence-electron chi connectivity index (χ4n) is 2.83. The number of hydrogen-bond donors (Lipinski definition) is 1. The van der Waals surface area contributed by atoms with E-state index in [4.69, 9.17) is 14.9 Å². The average molecular weight is 370 g/mol. The number of methoxy groups -OCH3 is 1. The summed E-state index contributed by atoms with van der Waals surface area (Å²) >= 11 is 0. The van der Waals surface area contributed by atoms with Gasteiger partial charge in [-0.05, 0) is 48.0 Å². The zero-order valence-corrected chi connectivity index (χ0v) is 14.1. The van der Waals surface area contributed by atoms with E-state index < -0.39 is 17.5 Å². The Hall–Kier alpha value is -3.48. The second kappa shape index (κ2) is 6.35. The minimum absolute atomic E-state index is 0.0611. The lowest BCUT2D eigenvalue weighted by molar-refractivity contribution is 0.417. The molecule has 0 aliphatic carbocycles. The first kappa shape index (κ1) is 17.0. The molecule has 1 heterocycles. The Labute approximate surface area is 152 Å². The van der Waals surface area contributed by atoms with Gasteiger partial charge in [0.1, 0.15) is 11.3 Å². The first-order valence-corrected chi connectivity index (χ1v) is 7.96. The predicted octanol–water partition coefficient (Wildman–Crippen LogP) is 5.17. The third-order valence-electron chi connectivity index (χ3n) is 4.21. The summed E-state index contributed by atoms with van der Waals surface area (Å²) in [6.07, 6.45) is 0. The Balaban J connectivity index is 1.79. The number of halogens is 3. The van der Waals surface area contributed by atoms with Crippen molar-refractivity contribution >= 4 is 16.8 Å². The number of nitrogens with two attached hydrogens (primary N) is 1. The molecular formula is C20H13F3N2O2. The van der Waals surface area contributed by atoms with Gasteiger partial charge in [-0.15, -0.1) is 0 Å². The number of nitrogen functional groups attached to an aromatic ring is 1. The third-order valence-corrected chi connectivity index (χ3v) is 4.21. The van der Waals surface area contributed by atoms with Gasteiger partial charge in [-0.3, -0.25) is 0 Å². The van der Waals surface area contributed by atoms with E-state index in [-0.39, 0.29) is 5.56 Å². The van der Waals surface area contributed by atoms with Crippen LogP contribution in [0.25, 0.3) is 33.7 Å². The van der Waals surface area contributed by atoms with Crippen molar-refractivity contribution in [2.24, 2.45) is 0 Å². The topological polar surface area (TPSA) is 61.3 Å². The molecule has 0 amide bonds. The monoisotopic (exact) mass is 370 g/mol. The van der Waals surface area contributed by atoms with Crippen LogP contribution in [-0.4, -0.2) is 12.1 Å². The molecule has 4 aromatic rings. The van der Waals surface area contributed by atoms with Crippen LogP contribution in [0.2, 0.25) is 0 Å². The Morgan fingerprint density at radius 2 is 1.70 bits per heavy atom. The minimum Gasteiger partial charge on any atom is -0.495 e. The van der Waals surface area contributed by atoms with E-state index in [1.165, 1.54) is 13.2 Å². The van der Waals surface area contributed by atoms with Gasteiger partial charge in [0.05, 0.1) is 12.8 Å². The van der Waals surface area contributed by atoms with Crippen LogP contribution < -0.4 is 10.5 Å². The van der Waals surface area contributed by atoms with Crippen molar-refractivity contribution in [3.8, 4) is 28.3 Å². The second-order valence-electron chi connectivity index (χ2n) is 5.88. The number of ether oxygens (including phenoxy) is 1. The molecule has 1 aromatic heterocycles. The number of anilines is 1. The highest BCUT2D eigenvalue weighted by Crippen LogP contribution is 2.32. The first-order chi connectivity index (χ1) is 13.0. The number of oxazole rings is 1. The van der Waals surface area contributed by atoms with Crippen LogP contribution >= 0.6 is 0 Å². The summed E-state index contributed by atoms with van der Waals surface area (Å²) in [6, 6.07) is 11.9. The first-order valence-electron chi connectivity index (χ1n) is 7.96. The lowest BCUT2D eigenvalue weighted by Gasteiger charge is -2.04. The SMILES string of the molecule is COc1ccc(-c2nc3cc(-c4ccc(F)c(F)c4F)ccc3o2)cc1N. The van der Waals surface area contributed by atoms with Gasteiger partial charge < -0.3 is 14.9 Å². The number of aromatic nitrogens is 1. The highest BCUT2D eigenvalue weighted by molar-refractivity contribution is 5.83. The van der Waals surface area contributed by atoms with Gasteiger partial charge in [0.15, 0.2) is 23.0 Å². The average Bonchev–Trinajstić information content (AvgIpc) is 3.09. The highest BCUT2D eigenvalue weighted by atomic mass is 19.2. The molecule has 0 bridgehead atoms. The summed E-state index contributed by atoms with van der Waals surface area (Å²) < 4.78 is 51.5. The Morgan fingerprint density at radius 3 is 2.44 bits per heavy atom. The smallest absolute Gasteiger partial charge is 0.227 e. The molecule has 4 nitrogen and oxygen atoms in total. The summed E-state index contributed by atoms with van der Waals surface area (Å²) in [7, 11) is 1.52. The van der Waals surface area contributed by atoms with E-state index in [0.717, 1.165) is 6.07 Å². The van der Waals surface area contributed by atoms with Crippen LogP contribution in [0.15, 0.2) is 52.9 Å². The zero-order valence-electron chi connectivity index (χ0n) is 14.1. The Morgan fingerprint density at radius 1 is 0.926 bits per heavy atom. The summed E-state index contributed by atoms with van der Waals surface area (Å²) in [4.78, 5) is 4.38. The minimum atomic E-state index is -1.51. The van der Waals surface area contributed by atoms with Crippen molar-refractivity contribution in [2.45, 2.75) is 0 Å². The summed E-state index contributed by atoms with van der Waals surface area (Å²) in [5.74, 6) is -3.14. The fourth-order valence-corrected chi connectivity index (χ4v) is 2.83. The molecular weight excluding hydrogens is 357 g/mol. The third kappa shape index (κ3) is 2.87. The molecule has 0 unspecified atom stereocenters. The Bertz CT molecular complexity index is 1170. The number of fused-ring (bicyclic) bond motifs is 1. The summed E-state index contributed by atoms with van der Waals surface area (Å²) in [5.41, 5.74) is 8.18. The summed E-state index contributed by atoms with van der Waals surface area (Å²) in [5, 5.41) is 0. The Kier molecular flexibility index (Phi) is 3.99. The van der Waals surface area contributed by atoms with Gasteiger partial charge in [-0.1, -0.05) is 6.07 Å². The van der Waals surface area contributed by atoms with Crippen LogP contribution in [0.3, 0.4) is 0 Å². The van der Waals surface area contributed by atoms with E-state index in [1.54, 1.807) is 36.4 Å². The molecule has 27 heavy (non-hydrogen) atoms. The van der Waals surface area contributed by atoms with Gasteiger partial charge in [-0.25, -0.2) is 18.2 Å². The van der Waals surface area contributed by atoms with Crippen LogP contribution in [-0.2, 0) is 0 Å². The molecule has 0 spiro atoms. The van der Waals surface area contributed by atoms with Gasteiger partial charge in [-0.2, -0.15) is 0 Å². The van der Waals surface area contributed by atoms with E-state index >= 15 is 0 Å². The maximum absolute atomic E-state index is 14.0. The van der Waals surface area contributed by atoms with Gasteiger partial charge >= 0.3 is 0 Å². The molecule has 7 heteroatoms. The van der Waals surface area contributed by atoms with E-state index in [0.29, 0.717) is 39.6 Å². The van der Waals surface area contributed by atoms with Crippen molar-refractivity contribution < 1.29 is 22.3 Å². The molecule has 2 N–H and O–H groups in total. The highest BCUT2D eigenvalue weighted by Gasteiger charge is 2.16. The fraction of sp³-hybridized carbons (Fsp3) is 0.0500. The molecule has 0 aliphatic rings. The molecule has 0 fully saturated rings. The van der Waals surface area contributed by atoms with Crippen molar-refractivity contribution in [3.63, 3.8) is 0 Å². The summed E-state index contributed by atoms with van der Waals surface area (Å²) in [6.45, 7) is 0. The maximum atomic E-state index is 14.0. The van der Waals surface area contributed by atoms with Crippen molar-refractivity contribution in [3.05, 3.63) is 66.0 Å². The van der Waals surface area contributed by atoms with Crippen LogP contribution in [0.5, 0.6) is 5.75 Å². The normalized spacial score (nSPS) is 11.1. The van der Waals surface area contributed by atoms with Crippen LogP contribution in [0.4, 0.5) is 18.9 Å². The number of nitrogens with zero attached hydrogens (tertiary/aromatic N) is 1. The second-order valence-corrected chi connectivity index (χ2v) is 5.88. The van der Waals surface area contributed by atoms with Crippen molar-refractivity contribution in [2.75, 3.05) is 12.8 Å². The number of rotatable bonds is 3. The molecule has 0 radical (unpaired) electrons. The lowest BCUT2D eigenvalue weighted by atomic mass is 10.0. The molecule has 0 saturated heterocycles. The molecule has 136 valence electrons. The van der Waals surface area contributed by atoms with E-state index in [2.05, 4.69) is 4.98 Å². The van der Waals surface area contributed by atoms with Crippen LogP contribution in [0, 0.1) is 17.5 Å². The molecule has 4 rings (SSSR count). The largest absolute Gasteiger partial charge is 0.495 e. The maximum Gasteiger partial charge on any atom is 0.227 e. The lowest BCUT2D eigenvalue weighted by Crippen LogP contribution is -1.93. The molecule has 0 saturated carbocycles. The molecule has 3 aromatic carbocycles. The van der Waals surface area contributed by atoms with Crippen molar-refractivity contribution in [1.82, 2.24) is 4.98 Å². The predicted molar refractivity (Wildman–Crippen MR) is 95.7 cm³/mol. The quantitative estimate of drug-likeness (QED) is 0.399. The zero-order chi connectivity index (χ0) is 19.1. The van der Waals surface area contributed by atoms with Gasteiger partial charge in [0.25, 0.3) is 0 Å². The van der Waals surface area contributed by atoms with Gasteiger partial charge in [0, 0.05) is 11.1 Å². The standard InChI is InChI=1S/C20H13F3N2O2/c1-26-16-6-3-11(8-14(16)24)20-25-15-9-10(2-7-17(15)27-20)12-4-5-13(21)19(23)18(12)22/h2-9H,24H2,1H3.